The van der Waals surface area contributed by atoms with Gasteiger partial charge in [-0.25, -0.2) is 0 Å². The van der Waals surface area contributed by atoms with Crippen LogP contribution >= 0.6 is 0 Å². The number of anilines is 6. The first-order valence-corrected chi connectivity index (χ1v) is 17.9. The molecule has 0 amide bonds. The Balaban J connectivity index is 1.26. The first-order valence-electron chi connectivity index (χ1n) is 17.9. The number of nitrogens with zero attached hydrogens (tertiary/aromatic N) is 2. The molecular formula is C49H36N2O. The fourth-order valence-corrected chi connectivity index (χ4v) is 8.29. The van der Waals surface area contributed by atoms with E-state index in [9.17, 15) is 0 Å². The zero-order valence-electron chi connectivity index (χ0n) is 29.1. The summed E-state index contributed by atoms with van der Waals surface area (Å²) in [5.41, 5.74) is 13.4. The molecule has 2 aliphatic rings. The molecule has 0 aliphatic carbocycles. The Morgan fingerprint density at radius 2 is 1.13 bits per heavy atom. The molecular weight excluding hydrogens is 633 g/mol. The molecule has 0 N–H and O–H groups in total. The van der Waals surface area contributed by atoms with Crippen molar-refractivity contribution >= 4 is 44.9 Å². The Labute approximate surface area is 304 Å². The van der Waals surface area contributed by atoms with Crippen LogP contribution in [0.15, 0.2) is 182 Å². The smallest absolute Gasteiger partial charge is 0.175 e. The Morgan fingerprint density at radius 3 is 1.94 bits per heavy atom. The van der Waals surface area contributed by atoms with Gasteiger partial charge in [-0.1, -0.05) is 159 Å². The lowest BCUT2D eigenvalue weighted by atomic mass is 9.73. The van der Waals surface area contributed by atoms with Crippen molar-refractivity contribution in [3.05, 3.63) is 193 Å². The maximum atomic E-state index is 7.25. The monoisotopic (exact) mass is 668 g/mol. The van der Waals surface area contributed by atoms with Crippen molar-refractivity contribution in [3.8, 4) is 33.8 Å². The molecule has 0 saturated carbocycles. The van der Waals surface area contributed by atoms with Gasteiger partial charge in [0.2, 0.25) is 0 Å². The van der Waals surface area contributed by atoms with Crippen molar-refractivity contribution in [1.82, 2.24) is 0 Å². The molecule has 8 aromatic rings. The highest BCUT2D eigenvalue weighted by Gasteiger charge is 2.43. The van der Waals surface area contributed by atoms with Crippen molar-refractivity contribution in [2.75, 3.05) is 9.80 Å². The van der Waals surface area contributed by atoms with Gasteiger partial charge in [0.15, 0.2) is 11.5 Å². The zero-order chi connectivity index (χ0) is 34.8. The van der Waals surface area contributed by atoms with Gasteiger partial charge in [0.25, 0.3) is 0 Å². The fraction of sp³-hybridized carbons (Fsp3) is 0.0612. The molecule has 0 bridgehead atoms. The average Bonchev–Trinajstić information content (AvgIpc) is 3.21. The fourth-order valence-electron chi connectivity index (χ4n) is 8.29. The largest absolute Gasteiger partial charge is 0.451 e. The third-order valence-corrected chi connectivity index (χ3v) is 10.8. The van der Waals surface area contributed by atoms with Crippen molar-refractivity contribution in [2.45, 2.75) is 19.3 Å². The average molecular weight is 669 g/mol. The number of para-hydroxylation sites is 2. The SMILES string of the molecule is CC1(C)c2ccccc2N2c3c1ccc(N(c1ccc(-c4ccccc4)cc1)c1ccccc1-c1ccccc1)c3Oc1ccc3ccccc3c12. The number of rotatable bonds is 5. The van der Waals surface area contributed by atoms with Crippen LogP contribution in [0.2, 0.25) is 0 Å². The van der Waals surface area contributed by atoms with E-state index in [1.807, 2.05) is 0 Å². The topological polar surface area (TPSA) is 15.7 Å². The highest BCUT2D eigenvalue weighted by atomic mass is 16.5. The molecule has 0 unspecified atom stereocenters. The van der Waals surface area contributed by atoms with E-state index in [1.165, 1.54) is 38.7 Å². The zero-order valence-corrected chi connectivity index (χ0v) is 29.1. The van der Waals surface area contributed by atoms with Crippen molar-refractivity contribution in [1.29, 1.82) is 0 Å². The number of hydrogen-bond donors (Lipinski definition) is 0. The summed E-state index contributed by atoms with van der Waals surface area (Å²) in [4.78, 5) is 4.85. The number of benzene rings is 8. The molecule has 0 radical (unpaired) electrons. The van der Waals surface area contributed by atoms with Gasteiger partial charge in [-0.05, 0) is 69.6 Å². The van der Waals surface area contributed by atoms with E-state index in [1.54, 1.807) is 0 Å². The summed E-state index contributed by atoms with van der Waals surface area (Å²) in [5, 5.41) is 2.35. The number of ether oxygens (including phenoxy) is 1. The maximum Gasteiger partial charge on any atom is 0.175 e. The highest BCUT2D eigenvalue weighted by Crippen LogP contribution is 2.64. The van der Waals surface area contributed by atoms with E-state index < -0.39 is 0 Å². The molecule has 0 aromatic heterocycles. The van der Waals surface area contributed by atoms with E-state index in [-0.39, 0.29) is 5.41 Å². The first-order chi connectivity index (χ1) is 25.6. The molecule has 2 aliphatic heterocycles. The maximum absolute atomic E-state index is 7.25. The predicted octanol–water partition coefficient (Wildman–Crippen LogP) is 13.9. The summed E-state index contributed by atoms with van der Waals surface area (Å²) in [7, 11) is 0. The van der Waals surface area contributed by atoms with Crippen LogP contribution in [-0.2, 0) is 5.41 Å². The van der Waals surface area contributed by atoms with Crippen LogP contribution in [0.5, 0.6) is 11.5 Å². The Bertz CT molecular complexity index is 2630. The van der Waals surface area contributed by atoms with Gasteiger partial charge in [-0.2, -0.15) is 0 Å². The summed E-state index contributed by atoms with van der Waals surface area (Å²) in [5.74, 6) is 1.69. The standard InChI is InChI=1S/C49H36N2O/c1-49(2)40-22-12-14-24-43(40)51-46-39-21-10-9-19-36(39)27-32-45(46)52-48-44(31-30-41(49)47(48)51)50(37-28-25-34(26-29-37)33-15-5-3-6-16-33)42-23-13-11-20-38(42)35-17-7-4-8-18-35/h3-32H,1-2H3. The molecule has 0 atom stereocenters. The van der Waals surface area contributed by atoms with Crippen LogP contribution in [0, 0.1) is 0 Å². The van der Waals surface area contributed by atoms with Crippen LogP contribution < -0.4 is 14.5 Å². The first kappa shape index (κ1) is 30.3. The molecule has 0 spiro atoms. The van der Waals surface area contributed by atoms with Crippen molar-refractivity contribution in [3.63, 3.8) is 0 Å². The van der Waals surface area contributed by atoms with Gasteiger partial charge in [0.1, 0.15) is 0 Å². The summed E-state index contributed by atoms with van der Waals surface area (Å²) < 4.78 is 7.25. The second-order valence-electron chi connectivity index (χ2n) is 14.2. The summed E-state index contributed by atoms with van der Waals surface area (Å²) >= 11 is 0. The molecule has 2 heterocycles. The van der Waals surface area contributed by atoms with Gasteiger partial charge < -0.3 is 14.5 Å². The van der Waals surface area contributed by atoms with Crippen molar-refractivity contribution < 1.29 is 4.74 Å². The van der Waals surface area contributed by atoms with E-state index in [0.29, 0.717) is 0 Å². The van der Waals surface area contributed by atoms with E-state index >= 15 is 0 Å². The highest BCUT2D eigenvalue weighted by molar-refractivity contribution is 6.07. The molecule has 3 heteroatoms. The second kappa shape index (κ2) is 11.8. The molecule has 8 aromatic carbocycles. The molecule has 0 saturated heterocycles. The lowest BCUT2D eigenvalue weighted by molar-refractivity contribution is 0.473. The quantitative estimate of drug-likeness (QED) is 0.182. The third-order valence-electron chi connectivity index (χ3n) is 10.8. The Kier molecular flexibility index (Phi) is 6.84. The summed E-state index contributed by atoms with van der Waals surface area (Å²) in [6.07, 6.45) is 0. The molecule has 52 heavy (non-hydrogen) atoms. The summed E-state index contributed by atoms with van der Waals surface area (Å²) in [6, 6.07) is 65.2. The minimum atomic E-state index is -0.259. The van der Waals surface area contributed by atoms with Gasteiger partial charge in [-0.3, -0.25) is 0 Å². The van der Waals surface area contributed by atoms with Gasteiger partial charge in [0, 0.05) is 22.1 Å². The van der Waals surface area contributed by atoms with Crippen LogP contribution in [-0.4, -0.2) is 0 Å². The molecule has 0 fully saturated rings. The summed E-state index contributed by atoms with van der Waals surface area (Å²) in [6.45, 7) is 4.67. The normalized spacial score (nSPS) is 13.5. The number of fused-ring (bicyclic) bond motifs is 6. The number of hydrogen-bond acceptors (Lipinski definition) is 3. The van der Waals surface area contributed by atoms with E-state index in [2.05, 4.69) is 206 Å². The molecule has 248 valence electrons. The van der Waals surface area contributed by atoms with Crippen LogP contribution in [0.3, 0.4) is 0 Å². The van der Waals surface area contributed by atoms with Crippen LogP contribution in [0.1, 0.15) is 25.0 Å². The van der Waals surface area contributed by atoms with Crippen LogP contribution in [0.4, 0.5) is 34.1 Å². The molecule has 10 rings (SSSR count). The lowest BCUT2D eigenvalue weighted by Crippen LogP contribution is -2.33. The Morgan fingerprint density at radius 1 is 0.481 bits per heavy atom. The lowest BCUT2D eigenvalue weighted by Gasteiger charge is -2.46. The Hall–Kier alpha value is -6.58. The van der Waals surface area contributed by atoms with Gasteiger partial charge in [-0.15, -0.1) is 0 Å². The minimum Gasteiger partial charge on any atom is -0.451 e. The van der Waals surface area contributed by atoms with E-state index in [0.717, 1.165) is 51.1 Å². The predicted molar refractivity (Wildman–Crippen MR) is 216 cm³/mol. The van der Waals surface area contributed by atoms with Crippen molar-refractivity contribution in [2.24, 2.45) is 0 Å². The second-order valence-corrected chi connectivity index (χ2v) is 14.2. The van der Waals surface area contributed by atoms with Gasteiger partial charge in [0.05, 0.1) is 28.4 Å². The third kappa shape index (κ3) is 4.59. The minimum absolute atomic E-state index is 0.259. The molecule has 3 nitrogen and oxygen atoms in total. The van der Waals surface area contributed by atoms with E-state index in [4.69, 9.17) is 4.74 Å². The van der Waals surface area contributed by atoms with Gasteiger partial charge >= 0.3 is 0 Å². The van der Waals surface area contributed by atoms with Crippen LogP contribution in [0.25, 0.3) is 33.0 Å².